The van der Waals surface area contributed by atoms with Gasteiger partial charge in [0.2, 0.25) is 0 Å². The van der Waals surface area contributed by atoms with Crippen molar-refractivity contribution in [2.75, 3.05) is 5.32 Å². The Hall–Kier alpha value is -2.37. The van der Waals surface area contributed by atoms with Crippen molar-refractivity contribution in [2.24, 2.45) is 0 Å². The number of hydrogen-bond acceptors (Lipinski definition) is 4. The topological polar surface area (TPSA) is 92.7 Å². The minimum absolute atomic E-state index is 0.0701. The van der Waals surface area contributed by atoms with Crippen LogP contribution in [0.5, 0.6) is 0 Å². The first-order valence-corrected chi connectivity index (χ1v) is 5.56. The molecule has 0 radical (unpaired) electrons. The van der Waals surface area contributed by atoms with Crippen LogP contribution in [0.2, 0.25) is 0 Å². The van der Waals surface area contributed by atoms with Crippen molar-refractivity contribution in [2.45, 2.75) is 26.4 Å². The minimum atomic E-state index is -1.24. The second-order valence-corrected chi connectivity index (χ2v) is 4.82. The van der Waals surface area contributed by atoms with Crippen molar-refractivity contribution in [1.29, 1.82) is 0 Å². The largest absolute Gasteiger partial charge is 0.478 e. The number of benzene rings is 1. The Bertz CT molecular complexity index is 516. The predicted octanol–water partition coefficient (Wildman–Crippen LogP) is 2.54. The van der Waals surface area contributed by atoms with Crippen LogP contribution in [-0.2, 0) is 4.74 Å². The number of aldehydes is 1. The average Bonchev–Trinajstić information content (AvgIpc) is 2.26. The first-order valence-electron chi connectivity index (χ1n) is 5.56. The van der Waals surface area contributed by atoms with Crippen LogP contribution in [0.3, 0.4) is 0 Å². The molecule has 0 aliphatic rings. The maximum Gasteiger partial charge on any atom is 0.412 e. The van der Waals surface area contributed by atoms with Crippen LogP contribution in [0.1, 0.15) is 41.5 Å². The highest BCUT2D eigenvalue weighted by Crippen LogP contribution is 2.21. The lowest BCUT2D eigenvalue weighted by Gasteiger charge is -2.20. The van der Waals surface area contributed by atoms with Gasteiger partial charge >= 0.3 is 12.1 Å². The molecule has 0 unspecified atom stereocenters. The quantitative estimate of drug-likeness (QED) is 0.819. The van der Waals surface area contributed by atoms with E-state index in [9.17, 15) is 14.4 Å². The molecular weight excluding hydrogens is 250 g/mol. The standard InChI is InChI=1S/C13H15NO5/c1-13(2,3)19-12(18)14-10-8(7-15)5-4-6-9(10)11(16)17/h4-7H,1-3H3,(H,14,18)(H,16,17). The molecule has 0 heterocycles. The molecule has 1 amide bonds. The Labute approximate surface area is 110 Å². The van der Waals surface area contributed by atoms with Gasteiger partial charge < -0.3 is 9.84 Å². The summed E-state index contributed by atoms with van der Waals surface area (Å²) < 4.78 is 5.02. The Kier molecular flexibility index (Phi) is 4.26. The van der Waals surface area contributed by atoms with Crippen molar-refractivity contribution in [3.8, 4) is 0 Å². The maximum atomic E-state index is 11.6. The van der Waals surface area contributed by atoms with E-state index in [2.05, 4.69) is 5.32 Å². The molecule has 1 rings (SSSR count). The van der Waals surface area contributed by atoms with Gasteiger partial charge in [-0.2, -0.15) is 0 Å². The summed E-state index contributed by atoms with van der Waals surface area (Å²) in [6, 6.07) is 4.13. The molecule has 0 saturated heterocycles. The summed E-state index contributed by atoms with van der Waals surface area (Å²) in [4.78, 5) is 33.6. The third kappa shape index (κ3) is 4.09. The van der Waals surface area contributed by atoms with Crippen LogP contribution in [0.15, 0.2) is 18.2 Å². The van der Waals surface area contributed by atoms with E-state index in [0.717, 1.165) is 0 Å². The number of carboxylic acid groups (broad SMARTS) is 1. The Morgan fingerprint density at radius 1 is 1.32 bits per heavy atom. The number of rotatable bonds is 3. The van der Waals surface area contributed by atoms with Crippen LogP contribution in [0, 0.1) is 0 Å². The molecule has 0 aromatic heterocycles. The zero-order valence-electron chi connectivity index (χ0n) is 10.9. The fourth-order valence-electron chi connectivity index (χ4n) is 1.39. The number of ether oxygens (including phenoxy) is 1. The summed E-state index contributed by atoms with van der Waals surface area (Å²) >= 11 is 0. The third-order valence-corrected chi connectivity index (χ3v) is 2.08. The summed E-state index contributed by atoms with van der Waals surface area (Å²) in [5, 5.41) is 11.3. The van der Waals surface area contributed by atoms with Crippen LogP contribution in [0.4, 0.5) is 10.5 Å². The molecule has 102 valence electrons. The summed E-state index contributed by atoms with van der Waals surface area (Å²) in [6.07, 6.45) is -0.344. The number of aromatic carboxylic acids is 1. The van der Waals surface area contributed by atoms with E-state index >= 15 is 0 Å². The Morgan fingerprint density at radius 2 is 1.95 bits per heavy atom. The molecule has 0 spiro atoms. The number of hydrogen-bond donors (Lipinski definition) is 2. The first kappa shape index (κ1) is 14.7. The van der Waals surface area contributed by atoms with E-state index < -0.39 is 17.7 Å². The fourth-order valence-corrected chi connectivity index (χ4v) is 1.39. The van der Waals surface area contributed by atoms with Crippen molar-refractivity contribution in [3.05, 3.63) is 29.3 Å². The Morgan fingerprint density at radius 3 is 2.42 bits per heavy atom. The molecule has 19 heavy (non-hydrogen) atoms. The van der Waals surface area contributed by atoms with Gasteiger partial charge in [-0.15, -0.1) is 0 Å². The van der Waals surface area contributed by atoms with E-state index in [4.69, 9.17) is 9.84 Å². The van der Waals surface area contributed by atoms with Gasteiger partial charge in [0.05, 0.1) is 11.3 Å². The van der Waals surface area contributed by atoms with Gasteiger partial charge in [-0.05, 0) is 32.9 Å². The summed E-state index contributed by atoms with van der Waals surface area (Å²) in [6.45, 7) is 5.03. The SMILES string of the molecule is CC(C)(C)OC(=O)Nc1c(C=O)cccc1C(=O)O. The van der Waals surface area contributed by atoms with Gasteiger partial charge in [-0.25, -0.2) is 9.59 Å². The van der Waals surface area contributed by atoms with E-state index in [1.807, 2.05) is 0 Å². The molecule has 0 bridgehead atoms. The van der Waals surface area contributed by atoms with Crippen molar-refractivity contribution >= 4 is 24.0 Å². The number of nitrogens with one attached hydrogen (secondary N) is 1. The molecule has 6 nitrogen and oxygen atoms in total. The monoisotopic (exact) mass is 265 g/mol. The molecule has 6 heteroatoms. The third-order valence-electron chi connectivity index (χ3n) is 2.08. The molecule has 1 aromatic carbocycles. The zero-order chi connectivity index (χ0) is 14.6. The van der Waals surface area contributed by atoms with Crippen LogP contribution < -0.4 is 5.32 Å². The van der Waals surface area contributed by atoms with Gasteiger partial charge in [0.1, 0.15) is 5.60 Å². The fraction of sp³-hybridized carbons (Fsp3) is 0.308. The predicted molar refractivity (Wildman–Crippen MR) is 68.6 cm³/mol. The first-order chi connectivity index (χ1) is 8.74. The molecule has 1 aromatic rings. The number of carbonyl (C=O) groups excluding carboxylic acids is 2. The maximum absolute atomic E-state index is 11.6. The van der Waals surface area contributed by atoms with Crippen molar-refractivity contribution in [1.82, 2.24) is 0 Å². The number of carbonyl (C=O) groups is 3. The van der Waals surface area contributed by atoms with Crippen LogP contribution in [-0.4, -0.2) is 29.1 Å². The van der Waals surface area contributed by atoms with Crippen LogP contribution in [0.25, 0.3) is 0 Å². The molecule has 0 saturated carbocycles. The second kappa shape index (κ2) is 5.51. The van der Waals surface area contributed by atoms with E-state index in [1.54, 1.807) is 20.8 Å². The van der Waals surface area contributed by atoms with E-state index in [-0.39, 0.29) is 16.8 Å². The zero-order valence-corrected chi connectivity index (χ0v) is 10.9. The Balaban J connectivity index is 3.08. The lowest BCUT2D eigenvalue weighted by atomic mass is 10.1. The van der Waals surface area contributed by atoms with E-state index in [0.29, 0.717) is 6.29 Å². The average molecular weight is 265 g/mol. The van der Waals surface area contributed by atoms with Gasteiger partial charge in [-0.3, -0.25) is 10.1 Å². The summed E-state index contributed by atoms with van der Waals surface area (Å²) in [5.74, 6) is -1.24. The van der Waals surface area contributed by atoms with Gasteiger partial charge in [-0.1, -0.05) is 6.07 Å². The second-order valence-electron chi connectivity index (χ2n) is 4.82. The smallest absolute Gasteiger partial charge is 0.412 e. The number of anilines is 1. The van der Waals surface area contributed by atoms with Crippen molar-refractivity contribution < 1.29 is 24.2 Å². The molecule has 2 N–H and O–H groups in total. The molecule has 0 aliphatic carbocycles. The van der Waals surface area contributed by atoms with Crippen LogP contribution >= 0.6 is 0 Å². The number of para-hydroxylation sites is 1. The number of amides is 1. The molecule has 0 aliphatic heterocycles. The highest BCUT2D eigenvalue weighted by molar-refractivity contribution is 6.04. The highest BCUT2D eigenvalue weighted by Gasteiger charge is 2.20. The molecule has 0 atom stereocenters. The van der Waals surface area contributed by atoms with Gasteiger partial charge in [0, 0.05) is 5.56 Å². The lowest BCUT2D eigenvalue weighted by molar-refractivity contribution is 0.0636. The normalized spacial score (nSPS) is 10.7. The van der Waals surface area contributed by atoms with Gasteiger partial charge in [0.25, 0.3) is 0 Å². The molecular formula is C13H15NO5. The molecule has 0 fully saturated rings. The summed E-state index contributed by atoms with van der Waals surface area (Å²) in [7, 11) is 0. The number of carboxylic acids is 1. The lowest BCUT2D eigenvalue weighted by Crippen LogP contribution is -2.28. The summed E-state index contributed by atoms with van der Waals surface area (Å²) in [5.41, 5.74) is -0.885. The highest BCUT2D eigenvalue weighted by atomic mass is 16.6. The minimum Gasteiger partial charge on any atom is -0.478 e. The van der Waals surface area contributed by atoms with Crippen molar-refractivity contribution in [3.63, 3.8) is 0 Å². The van der Waals surface area contributed by atoms with Gasteiger partial charge in [0.15, 0.2) is 6.29 Å². The van der Waals surface area contributed by atoms with E-state index in [1.165, 1.54) is 18.2 Å².